The molecule has 27 heavy (non-hydrogen) atoms. The maximum Gasteiger partial charge on any atom is 0.315 e. The minimum absolute atomic E-state index is 0.125. The van der Waals surface area contributed by atoms with E-state index in [0.717, 1.165) is 30.2 Å². The van der Waals surface area contributed by atoms with E-state index in [0.29, 0.717) is 13.2 Å². The third-order valence-corrected chi connectivity index (χ3v) is 5.91. The largest absolute Gasteiger partial charge is 0.483 e. The SMILES string of the molecule is Cc1ncccc1O[C@H]1CO[C@H]2[C@@H]1OC[C@@H]2NC(=O)N[C@H]1CC[C@H](C)CC1. The zero-order chi connectivity index (χ0) is 18.8. The van der Waals surface area contributed by atoms with Crippen molar-refractivity contribution in [2.45, 2.75) is 69.9 Å². The normalized spacial score (nSPS) is 35.5. The lowest BCUT2D eigenvalue weighted by atomic mass is 9.87. The molecule has 2 N–H and O–H groups in total. The molecular weight excluding hydrogens is 346 g/mol. The van der Waals surface area contributed by atoms with Crippen molar-refractivity contribution < 1.29 is 19.0 Å². The highest BCUT2D eigenvalue weighted by Gasteiger charge is 2.49. The van der Waals surface area contributed by atoms with Crippen LogP contribution in [0, 0.1) is 12.8 Å². The van der Waals surface area contributed by atoms with Crippen LogP contribution in [-0.4, -0.2) is 54.6 Å². The molecule has 0 aromatic carbocycles. The molecule has 1 aromatic rings. The van der Waals surface area contributed by atoms with E-state index in [1.165, 1.54) is 12.8 Å². The van der Waals surface area contributed by atoms with Gasteiger partial charge in [-0.25, -0.2) is 4.79 Å². The van der Waals surface area contributed by atoms with Crippen LogP contribution in [0.2, 0.25) is 0 Å². The molecule has 7 heteroatoms. The van der Waals surface area contributed by atoms with Gasteiger partial charge in [0.15, 0.2) is 6.10 Å². The van der Waals surface area contributed by atoms with Crippen molar-refractivity contribution in [1.82, 2.24) is 15.6 Å². The Morgan fingerprint density at radius 2 is 1.93 bits per heavy atom. The third kappa shape index (κ3) is 4.19. The van der Waals surface area contributed by atoms with Crippen LogP contribution in [0.1, 0.15) is 38.3 Å². The Labute approximate surface area is 160 Å². The lowest BCUT2D eigenvalue weighted by Gasteiger charge is -2.27. The number of hydrogen-bond acceptors (Lipinski definition) is 5. The number of fused-ring (bicyclic) bond motifs is 1. The highest BCUT2D eigenvalue weighted by molar-refractivity contribution is 5.74. The van der Waals surface area contributed by atoms with Crippen LogP contribution in [0.25, 0.3) is 0 Å². The number of carbonyl (C=O) groups excluding carboxylic acids is 1. The zero-order valence-electron chi connectivity index (χ0n) is 16.0. The number of urea groups is 1. The van der Waals surface area contributed by atoms with E-state index in [1.807, 2.05) is 19.1 Å². The van der Waals surface area contributed by atoms with Crippen molar-refractivity contribution in [2.75, 3.05) is 13.2 Å². The summed E-state index contributed by atoms with van der Waals surface area (Å²) >= 11 is 0. The number of rotatable bonds is 4. The molecule has 1 aliphatic carbocycles. The predicted molar refractivity (Wildman–Crippen MR) is 99.7 cm³/mol. The summed E-state index contributed by atoms with van der Waals surface area (Å²) in [6.45, 7) is 5.08. The fourth-order valence-corrected chi connectivity index (χ4v) is 4.25. The van der Waals surface area contributed by atoms with Crippen LogP contribution < -0.4 is 15.4 Å². The third-order valence-electron chi connectivity index (χ3n) is 5.91. The van der Waals surface area contributed by atoms with E-state index in [9.17, 15) is 4.79 Å². The molecule has 3 fully saturated rings. The summed E-state index contributed by atoms with van der Waals surface area (Å²) in [5.74, 6) is 1.51. The van der Waals surface area contributed by atoms with Gasteiger partial charge in [0.2, 0.25) is 0 Å². The molecule has 1 saturated carbocycles. The molecule has 2 saturated heterocycles. The highest BCUT2D eigenvalue weighted by Crippen LogP contribution is 2.30. The van der Waals surface area contributed by atoms with Gasteiger partial charge in [0, 0.05) is 12.2 Å². The number of nitrogens with one attached hydrogen (secondary N) is 2. The van der Waals surface area contributed by atoms with Gasteiger partial charge in [-0.05, 0) is 50.7 Å². The summed E-state index contributed by atoms with van der Waals surface area (Å²) in [6, 6.07) is 3.75. The van der Waals surface area contributed by atoms with Gasteiger partial charge in [-0.1, -0.05) is 6.92 Å². The summed E-state index contributed by atoms with van der Waals surface area (Å²) in [7, 11) is 0. The Morgan fingerprint density at radius 3 is 2.70 bits per heavy atom. The van der Waals surface area contributed by atoms with Crippen LogP contribution in [0.3, 0.4) is 0 Å². The van der Waals surface area contributed by atoms with Gasteiger partial charge in [-0.15, -0.1) is 0 Å². The van der Waals surface area contributed by atoms with Gasteiger partial charge in [-0.3, -0.25) is 4.98 Å². The molecule has 2 amide bonds. The Bertz CT molecular complexity index is 662. The minimum atomic E-state index is -0.187. The maximum atomic E-state index is 12.4. The van der Waals surface area contributed by atoms with Crippen molar-refractivity contribution in [3.05, 3.63) is 24.0 Å². The molecule has 0 unspecified atom stereocenters. The Kier molecular flexibility index (Phi) is 5.50. The molecule has 4 atom stereocenters. The number of aromatic nitrogens is 1. The van der Waals surface area contributed by atoms with Crippen LogP contribution in [0.5, 0.6) is 5.75 Å². The molecule has 0 bridgehead atoms. The quantitative estimate of drug-likeness (QED) is 0.843. The van der Waals surface area contributed by atoms with Gasteiger partial charge < -0.3 is 24.8 Å². The second-order valence-electron chi connectivity index (χ2n) is 8.02. The first kappa shape index (κ1) is 18.5. The number of ether oxygens (including phenoxy) is 3. The minimum Gasteiger partial charge on any atom is -0.483 e. The summed E-state index contributed by atoms with van der Waals surface area (Å²) in [5, 5.41) is 6.14. The van der Waals surface area contributed by atoms with Crippen LogP contribution >= 0.6 is 0 Å². The molecule has 0 radical (unpaired) electrons. The number of hydrogen-bond donors (Lipinski definition) is 2. The molecule has 3 heterocycles. The molecule has 3 aliphatic rings. The zero-order valence-corrected chi connectivity index (χ0v) is 16.0. The number of aryl methyl sites for hydroxylation is 1. The summed E-state index contributed by atoms with van der Waals surface area (Å²) in [5.41, 5.74) is 0.842. The standard InChI is InChI=1S/C20H29N3O4/c1-12-5-7-14(8-6-12)22-20(24)23-15-10-25-19-17(11-26-18(15)19)27-16-4-3-9-21-13(16)2/h3-4,9,12,14-15,17-19H,5-8,10-11H2,1-2H3,(H2,22,23,24)/t12-,14-,15-,17-,18+,19+/m0/s1. The molecule has 7 nitrogen and oxygen atoms in total. The van der Waals surface area contributed by atoms with E-state index in [-0.39, 0.29) is 36.4 Å². The number of nitrogens with zero attached hydrogens (tertiary/aromatic N) is 1. The second-order valence-corrected chi connectivity index (χ2v) is 8.02. The Hall–Kier alpha value is -1.86. The van der Waals surface area contributed by atoms with Crippen molar-refractivity contribution in [3.8, 4) is 5.75 Å². The lowest BCUT2D eigenvalue weighted by Crippen LogP contribution is -2.51. The topological polar surface area (TPSA) is 81.7 Å². The van der Waals surface area contributed by atoms with Crippen molar-refractivity contribution >= 4 is 6.03 Å². The number of carbonyl (C=O) groups is 1. The van der Waals surface area contributed by atoms with Crippen LogP contribution in [0.4, 0.5) is 4.79 Å². The molecule has 4 rings (SSSR count). The van der Waals surface area contributed by atoms with Crippen LogP contribution in [0.15, 0.2) is 18.3 Å². The fourth-order valence-electron chi connectivity index (χ4n) is 4.25. The summed E-state index contributed by atoms with van der Waals surface area (Å²) in [4.78, 5) is 16.6. The smallest absolute Gasteiger partial charge is 0.315 e. The first-order valence-corrected chi connectivity index (χ1v) is 9.98. The first-order valence-electron chi connectivity index (χ1n) is 9.98. The average Bonchev–Trinajstić information content (AvgIpc) is 3.23. The van der Waals surface area contributed by atoms with Gasteiger partial charge in [0.25, 0.3) is 0 Å². The van der Waals surface area contributed by atoms with E-state index in [4.69, 9.17) is 14.2 Å². The van der Waals surface area contributed by atoms with Crippen LogP contribution in [-0.2, 0) is 9.47 Å². The van der Waals surface area contributed by atoms with E-state index in [2.05, 4.69) is 22.5 Å². The fraction of sp³-hybridized carbons (Fsp3) is 0.700. The van der Waals surface area contributed by atoms with Gasteiger partial charge in [0.1, 0.15) is 18.0 Å². The molecule has 1 aromatic heterocycles. The van der Waals surface area contributed by atoms with E-state index >= 15 is 0 Å². The Balaban J connectivity index is 1.28. The predicted octanol–water partition coefficient (Wildman–Crippen LogP) is 2.18. The van der Waals surface area contributed by atoms with Crippen molar-refractivity contribution in [3.63, 3.8) is 0 Å². The van der Waals surface area contributed by atoms with E-state index < -0.39 is 0 Å². The van der Waals surface area contributed by atoms with Gasteiger partial charge in [0.05, 0.1) is 24.9 Å². The summed E-state index contributed by atoms with van der Waals surface area (Å²) in [6.07, 6.45) is 5.67. The van der Waals surface area contributed by atoms with Crippen molar-refractivity contribution in [1.29, 1.82) is 0 Å². The van der Waals surface area contributed by atoms with Gasteiger partial charge >= 0.3 is 6.03 Å². The van der Waals surface area contributed by atoms with Crippen molar-refractivity contribution in [2.24, 2.45) is 5.92 Å². The average molecular weight is 375 g/mol. The molecular formula is C20H29N3O4. The monoisotopic (exact) mass is 375 g/mol. The lowest BCUT2D eigenvalue weighted by molar-refractivity contribution is 0.0299. The first-order chi connectivity index (χ1) is 13.1. The molecule has 0 spiro atoms. The number of amides is 2. The summed E-state index contributed by atoms with van der Waals surface area (Å²) < 4.78 is 17.9. The Morgan fingerprint density at radius 1 is 1.15 bits per heavy atom. The maximum absolute atomic E-state index is 12.4. The molecule has 148 valence electrons. The second kappa shape index (κ2) is 8.02. The molecule has 2 aliphatic heterocycles. The number of pyridine rings is 1. The van der Waals surface area contributed by atoms with E-state index in [1.54, 1.807) is 6.20 Å². The van der Waals surface area contributed by atoms with Gasteiger partial charge in [-0.2, -0.15) is 0 Å². The highest BCUT2D eigenvalue weighted by atomic mass is 16.6.